The van der Waals surface area contributed by atoms with E-state index in [0.717, 1.165) is 4.90 Å². The van der Waals surface area contributed by atoms with Gasteiger partial charge in [0.05, 0.1) is 31.5 Å². The topological polar surface area (TPSA) is 94.2 Å². The Morgan fingerprint density at radius 3 is 2.45 bits per heavy atom. The summed E-state index contributed by atoms with van der Waals surface area (Å²) in [5.41, 5.74) is 0.565. The standard InChI is InChI=1S/C20H21ClN2O6/c1-23(11-18(24)22-16-7-5-4-6-15(16)21)19(25)12-29-20(26)14-10-13(27-2)8-9-17(14)28-3/h4-10H,11-12H2,1-3H3,(H,22,24). The third kappa shape index (κ3) is 6.11. The molecule has 0 aliphatic rings. The number of hydrogen-bond acceptors (Lipinski definition) is 6. The number of halogens is 1. The first-order valence-corrected chi connectivity index (χ1v) is 8.91. The van der Waals surface area contributed by atoms with Crippen molar-refractivity contribution in [2.75, 3.05) is 39.7 Å². The highest BCUT2D eigenvalue weighted by atomic mass is 35.5. The summed E-state index contributed by atoms with van der Waals surface area (Å²) in [6, 6.07) is 11.4. The van der Waals surface area contributed by atoms with Gasteiger partial charge in [0.1, 0.15) is 17.1 Å². The summed E-state index contributed by atoms with van der Waals surface area (Å²) in [6.45, 7) is -0.765. The van der Waals surface area contributed by atoms with E-state index in [1.165, 1.54) is 27.3 Å². The number of anilines is 1. The molecule has 2 rings (SSSR count). The molecule has 0 saturated carbocycles. The van der Waals surface area contributed by atoms with Crippen molar-refractivity contribution in [3.63, 3.8) is 0 Å². The van der Waals surface area contributed by atoms with Crippen LogP contribution in [0.2, 0.25) is 5.02 Å². The van der Waals surface area contributed by atoms with Crippen LogP contribution in [0.4, 0.5) is 5.69 Å². The summed E-state index contributed by atoms with van der Waals surface area (Å²) in [7, 11) is 4.30. The number of nitrogens with one attached hydrogen (secondary N) is 1. The van der Waals surface area contributed by atoms with Gasteiger partial charge in [0.2, 0.25) is 5.91 Å². The number of likely N-dealkylation sites (N-methyl/N-ethyl adjacent to an activating group) is 1. The van der Waals surface area contributed by atoms with Crippen LogP contribution in [-0.4, -0.2) is 57.1 Å². The number of esters is 1. The molecule has 0 spiro atoms. The van der Waals surface area contributed by atoms with Gasteiger partial charge in [-0.05, 0) is 30.3 Å². The molecule has 29 heavy (non-hydrogen) atoms. The number of ether oxygens (including phenoxy) is 3. The van der Waals surface area contributed by atoms with E-state index in [1.54, 1.807) is 36.4 Å². The minimum atomic E-state index is -0.747. The van der Waals surface area contributed by atoms with Crippen LogP contribution in [0.3, 0.4) is 0 Å². The van der Waals surface area contributed by atoms with Gasteiger partial charge in [-0.1, -0.05) is 23.7 Å². The summed E-state index contributed by atoms with van der Waals surface area (Å²) in [6.07, 6.45) is 0. The van der Waals surface area contributed by atoms with Crippen LogP contribution < -0.4 is 14.8 Å². The van der Waals surface area contributed by atoms with Crippen LogP contribution in [0.5, 0.6) is 11.5 Å². The molecule has 0 unspecified atom stereocenters. The van der Waals surface area contributed by atoms with Gasteiger partial charge >= 0.3 is 5.97 Å². The molecule has 1 N–H and O–H groups in total. The lowest BCUT2D eigenvalue weighted by molar-refractivity contribution is -0.136. The van der Waals surface area contributed by atoms with Crippen LogP contribution in [-0.2, 0) is 14.3 Å². The van der Waals surface area contributed by atoms with Crippen molar-refractivity contribution in [3.05, 3.63) is 53.1 Å². The molecule has 9 heteroatoms. The van der Waals surface area contributed by atoms with E-state index in [1.807, 2.05) is 0 Å². The molecule has 154 valence electrons. The van der Waals surface area contributed by atoms with E-state index < -0.39 is 24.4 Å². The molecule has 2 amide bonds. The molecule has 0 aliphatic heterocycles. The van der Waals surface area contributed by atoms with Gasteiger partial charge < -0.3 is 24.4 Å². The minimum Gasteiger partial charge on any atom is -0.497 e. The average molecular weight is 421 g/mol. The van der Waals surface area contributed by atoms with Gasteiger partial charge in [-0.3, -0.25) is 9.59 Å². The Bertz CT molecular complexity index is 902. The van der Waals surface area contributed by atoms with Crippen molar-refractivity contribution >= 4 is 35.1 Å². The van der Waals surface area contributed by atoms with Crippen molar-refractivity contribution in [2.24, 2.45) is 0 Å². The monoisotopic (exact) mass is 420 g/mol. The van der Waals surface area contributed by atoms with Crippen LogP contribution in [0.25, 0.3) is 0 Å². The normalized spacial score (nSPS) is 10.1. The zero-order valence-electron chi connectivity index (χ0n) is 16.2. The number of nitrogens with zero attached hydrogens (tertiary/aromatic N) is 1. The Morgan fingerprint density at radius 1 is 1.07 bits per heavy atom. The van der Waals surface area contributed by atoms with Gasteiger partial charge in [-0.2, -0.15) is 0 Å². The zero-order valence-corrected chi connectivity index (χ0v) is 17.0. The van der Waals surface area contributed by atoms with Gasteiger partial charge in [0.15, 0.2) is 6.61 Å². The van der Waals surface area contributed by atoms with Crippen molar-refractivity contribution in [3.8, 4) is 11.5 Å². The number of methoxy groups -OCH3 is 2. The highest BCUT2D eigenvalue weighted by Gasteiger charge is 2.19. The molecule has 0 saturated heterocycles. The van der Waals surface area contributed by atoms with Gasteiger partial charge in [-0.25, -0.2) is 4.79 Å². The van der Waals surface area contributed by atoms with Crippen LogP contribution in [0, 0.1) is 0 Å². The zero-order chi connectivity index (χ0) is 21.4. The fourth-order valence-corrected chi connectivity index (χ4v) is 2.53. The number of rotatable bonds is 8. The Labute approximate surface area is 173 Å². The Morgan fingerprint density at radius 2 is 1.79 bits per heavy atom. The third-order valence-corrected chi connectivity index (χ3v) is 4.24. The first kappa shape index (κ1) is 22.0. The van der Waals surface area contributed by atoms with E-state index in [0.29, 0.717) is 16.5 Å². The molecule has 0 aromatic heterocycles. The maximum atomic E-state index is 12.3. The van der Waals surface area contributed by atoms with E-state index in [-0.39, 0.29) is 17.9 Å². The second-order valence-corrected chi connectivity index (χ2v) is 6.33. The fourth-order valence-electron chi connectivity index (χ4n) is 2.34. The van der Waals surface area contributed by atoms with Crippen molar-refractivity contribution in [2.45, 2.75) is 0 Å². The average Bonchev–Trinajstić information content (AvgIpc) is 2.72. The Hall–Kier alpha value is -3.26. The van der Waals surface area contributed by atoms with Crippen molar-refractivity contribution in [1.82, 2.24) is 4.90 Å². The number of amides is 2. The maximum absolute atomic E-state index is 12.3. The first-order valence-electron chi connectivity index (χ1n) is 8.53. The Balaban J connectivity index is 1.90. The molecule has 0 atom stereocenters. The summed E-state index contributed by atoms with van der Waals surface area (Å²) in [5.74, 6) is -1.000. The summed E-state index contributed by atoms with van der Waals surface area (Å²) in [5, 5.41) is 3.00. The quantitative estimate of drug-likeness (QED) is 0.660. The van der Waals surface area contributed by atoms with E-state index >= 15 is 0 Å². The maximum Gasteiger partial charge on any atom is 0.342 e. The fraction of sp³-hybridized carbons (Fsp3) is 0.250. The molecule has 0 aliphatic carbocycles. The van der Waals surface area contributed by atoms with Gasteiger partial charge in [0.25, 0.3) is 5.91 Å². The largest absolute Gasteiger partial charge is 0.497 e. The molecule has 0 fully saturated rings. The summed E-state index contributed by atoms with van der Waals surface area (Å²) < 4.78 is 15.3. The van der Waals surface area contributed by atoms with Crippen LogP contribution in [0.15, 0.2) is 42.5 Å². The highest BCUT2D eigenvalue weighted by molar-refractivity contribution is 6.33. The number of benzene rings is 2. The molecule has 2 aromatic rings. The number of hydrogen-bond donors (Lipinski definition) is 1. The SMILES string of the molecule is COc1ccc(OC)c(C(=O)OCC(=O)N(C)CC(=O)Nc2ccccc2Cl)c1. The minimum absolute atomic E-state index is 0.124. The van der Waals surface area contributed by atoms with E-state index in [4.69, 9.17) is 25.8 Å². The van der Waals surface area contributed by atoms with Crippen LogP contribution in [0.1, 0.15) is 10.4 Å². The van der Waals surface area contributed by atoms with E-state index in [9.17, 15) is 14.4 Å². The molecular formula is C20H21ClN2O6. The van der Waals surface area contributed by atoms with Crippen LogP contribution >= 0.6 is 11.6 Å². The molecule has 0 heterocycles. The predicted octanol–water partition coefficient (Wildman–Crippen LogP) is 2.61. The number of carbonyl (C=O) groups is 3. The third-order valence-electron chi connectivity index (χ3n) is 3.91. The highest BCUT2D eigenvalue weighted by Crippen LogP contribution is 2.24. The summed E-state index contributed by atoms with van der Waals surface area (Å²) >= 11 is 5.98. The first-order chi connectivity index (χ1) is 13.8. The lowest BCUT2D eigenvalue weighted by atomic mass is 10.2. The molecule has 0 radical (unpaired) electrons. The molecular weight excluding hydrogens is 400 g/mol. The molecule has 8 nitrogen and oxygen atoms in total. The van der Waals surface area contributed by atoms with Gasteiger partial charge in [0, 0.05) is 7.05 Å². The number of carbonyl (C=O) groups excluding carboxylic acids is 3. The molecule has 2 aromatic carbocycles. The van der Waals surface area contributed by atoms with E-state index in [2.05, 4.69) is 5.32 Å². The lowest BCUT2D eigenvalue weighted by Crippen LogP contribution is -2.37. The van der Waals surface area contributed by atoms with Crippen molar-refractivity contribution in [1.29, 1.82) is 0 Å². The predicted molar refractivity (Wildman–Crippen MR) is 108 cm³/mol. The number of para-hydroxylation sites is 1. The lowest BCUT2D eigenvalue weighted by Gasteiger charge is -2.17. The van der Waals surface area contributed by atoms with Gasteiger partial charge in [-0.15, -0.1) is 0 Å². The molecule has 0 bridgehead atoms. The second-order valence-electron chi connectivity index (χ2n) is 5.92. The Kier molecular flexibility index (Phi) is 7.85. The van der Waals surface area contributed by atoms with Crippen molar-refractivity contribution < 1.29 is 28.6 Å². The second kappa shape index (κ2) is 10.3. The summed E-state index contributed by atoms with van der Waals surface area (Å²) in [4.78, 5) is 37.7. The smallest absolute Gasteiger partial charge is 0.342 e.